The number of fused-ring (bicyclic) bond motifs is 1. The van der Waals surface area contributed by atoms with Gasteiger partial charge >= 0.3 is 0 Å². The van der Waals surface area contributed by atoms with Crippen molar-refractivity contribution in [2.75, 3.05) is 24.4 Å². The lowest BCUT2D eigenvalue weighted by atomic mass is 10.2. The van der Waals surface area contributed by atoms with Crippen molar-refractivity contribution in [2.45, 2.75) is 24.2 Å². The highest BCUT2D eigenvalue weighted by Gasteiger charge is 2.13. The second-order valence-corrected chi connectivity index (χ2v) is 9.72. The van der Waals surface area contributed by atoms with Crippen LogP contribution in [-0.2, 0) is 14.8 Å². The Bertz CT molecular complexity index is 1480. The third-order valence-electron chi connectivity index (χ3n) is 5.48. The summed E-state index contributed by atoms with van der Waals surface area (Å²) in [5, 5.41) is 11.9. The van der Waals surface area contributed by atoms with E-state index in [2.05, 4.69) is 20.6 Å². The van der Waals surface area contributed by atoms with E-state index in [1.54, 1.807) is 13.2 Å². The van der Waals surface area contributed by atoms with Crippen molar-refractivity contribution in [3.05, 3.63) is 73.1 Å². The summed E-state index contributed by atoms with van der Waals surface area (Å²) in [6, 6.07) is 19.1. The standard InChI is InChI=1S/C26H27N5O5S/c1-35-23-16-22-21(26(29-17-28-22)31-18-7-3-2-4-8-18)15-24(23)36-14-6-5-9-25(32)30-19-10-12-20(13-11-19)37(27,33)34/h2-4,7-8,10-13,15-17H,5-6,9,14H2,1H3,(H,30,32)(H2,27,33,34)(H,28,29,31). The minimum Gasteiger partial charge on any atom is -0.493 e. The third-order valence-corrected chi connectivity index (χ3v) is 6.41. The summed E-state index contributed by atoms with van der Waals surface area (Å²) in [6.07, 6.45) is 3.02. The minimum atomic E-state index is -3.77. The van der Waals surface area contributed by atoms with Crippen LogP contribution >= 0.6 is 0 Å². The Labute approximate surface area is 214 Å². The molecule has 0 aliphatic heterocycles. The van der Waals surface area contributed by atoms with E-state index < -0.39 is 10.0 Å². The largest absolute Gasteiger partial charge is 0.493 e. The SMILES string of the molecule is COc1cc2ncnc(Nc3ccccc3)c2cc1OCCCCC(=O)Nc1ccc(S(N)(=O)=O)cc1. The summed E-state index contributed by atoms with van der Waals surface area (Å²) in [4.78, 5) is 20.9. The van der Waals surface area contributed by atoms with E-state index in [9.17, 15) is 13.2 Å². The number of rotatable bonds is 11. The average Bonchev–Trinajstić information content (AvgIpc) is 2.88. The average molecular weight is 522 g/mol. The van der Waals surface area contributed by atoms with Gasteiger partial charge < -0.3 is 20.1 Å². The topological polar surface area (TPSA) is 146 Å². The zero-order valence-corrected chi connectivity index (χ0v) is 21.0. The van der Waals surface area contributed by atoms with E-state index in [4.69, 9.17) is 14.6 Å². The molecule has 3 aromatic carbocycles. The van der Waals surface area contributed by atoms with E-state index in [0.29, 0.717) is 48.0 Å². The number of anilines is 3. The number of amides is 1. The van der Waals surface area contributed by atoms with Crippen molar-refractivity contribution >= 4 is 44.0 Å². The van der Waals surface area contributed by atoms with Gasteiger partial charge in [-0.2, -0.15) is 0 Å². The molecule has 1 heterocycles. The minimum absolute atomic E-state index is 0.0127. The Morgan fingerprint density at radius 3 is 2.41 bits per heavy atom. The van der Waals surface area contributed by atoms with Crippen molar-refractivity contribution in [1.29, 1.82) is 0 Å². The van der Waals surface area contributed by atoms with Crippen LogP contribution in [0.4, 0.5) is 17.2 Å². The molecule has 4 N–H and O–H groups in total. The summed E-state index contributed by atoms with van der Waals surface area (Å²) in [5.74, 6) is 1.58. The van der Waals surface area contributed by atoms with Crippen molar-refractivity contribution < 1.29 is 22.7 Å². The number of hydrogen-bond donors (Lipinski definition) is 3. The van der Waals surface area contributed by atoms with Gasteiger partial charge in [0, 0.05) is 29.2 Å². The summed E-state index contributed by atoms with van der Waals surface area (Å²) in [5.41, 5.74) is 2.11. The molecule has 0 unspecified atom stereocenters. The number of ether oxygens (including phenoxy) is 2. The number of methoxy groups -OCH3 is 1. The number of carbonyl (C=O) groups is 1. The van der Waals surface area contributed by atoms with Crippen LogP contribution in [0.25, 0.3) is 10.9 Å². The third kappa shape index (κ3) is 6.93. The van der Waals surface area contributed by atoms with E-state index in [1.807, 2.05) is 36.4 Å². The molecule has 192 valence electrons. The summed E-state index contributed by atoms with van der Waals surface area (Å²) in [7, 11) is -2.20. The van der Waals surface area contributed by atoms with Gasteiger partial charge in [0.25, 0.3) is 0 Å². The highest BCUT2D eigenvalue weighted by molar-refractivity contribution is 7.89. The van der Waals surface area contributed by atoms with Crippen molar-refractivity contribution in [3.63, 3.8) is 0 Å². The molecule has 0 aliphatic rings. The van der Waals surface area contributed by atoms with Crippen LogP contribution in [-0.4, -0.2) is 38.0 Å². The number of carbonyl (C=O) groups excluding carboxylic acids is 1. The highest BCUT2D eigenvalue weighted by Crippen LogP contribution is 2.34. The normalized spacial score (nSPS) is 11.2. The zero-order valence-electron chi connectivity index (χ0n) is 20.2. The van der Waals surface area contributed by atoms with E-state index in [0.717, 1.165) is 11.1 Å². The molecule has 0 atom stereocenters. The van der Waals surface area contributed by atoms with E-state index in [-0.39, 0.29) is 17.2 Å². The lowest BCUT2D eigenvalue weighted by Crippen LogP contribution is -2.13. The van der Waals surface area contributed by atoms with Gasteiger partial charge in [-0.15, -0.1) is 0 Å². The van der Waals surface area contributed by atoms with Gasteiger partial charge in [-0.05, 0) is 55.3 Å². The monoisotopic (exact) mass is 521 g/mol. The lowest BCUT2D eigenvalue weighted by molar-refractivity contribution is -0.116. The van der Waals surface area contributed by atoms with Crippen molar-refractivity contribution in [2.24, 2.45) is 5.14 Å². The quantitative estimate of drug-likeness (QED) is 0.249. The number of primary sulfonamides is 1. The molecule has 0 fully saturated rings. The number of nitrogens with two attached hydrogens (primary N) is 1. The van der Waals surface area contributed by atoms with Gasteiger partial charge in [0.1, 0.15) is 12.1 Å². The van der Waals surface area contributed by atoms with Crippen LogP contribution < -0.4 is 25.2 Å². The number of nitrogens with one attached hydrogen (secondary N) is 2. The summed E-state index contributed by atoms with van der Waals surface area (Å²) >= 11 is 0. The Morgan fingerprint density at radius 2 is 1.70 bits per heavy atom. The molecule has 10 nitrogen and oxygen atoms in total. The second kappa shape index (κ2) is 11.7. The molecule has 0 bridgehead atoms. The maximum absolute atomic E-state index is 12.2. The Balaban J connectivity index is 1.32. The fraction of sp³-hybridized carbons (Fsp3) is 0.192. The molecule has 0 spiro atoms. The number of aromatic nitrogens is 2. The number of sulfonamides is 1. The Morgan fingerprint density at radius 1 is 0.946 bits per heavy atom. The molecule has 4 rings (SSSR count). The molecule has 0 saturated carbocycles. The van der Waals surface area contributed by atoms with E-state index >= 15 is 0 Å². The molecule has 37 heavy (non-hydrogen) atoms. The number of benzene rings is 3. The molecule has 4 aromatic rings. The Kier molecular flexibility index (Phi) is 8.16. The molecule has 0 radical (unpaired) electrons. The molecular formula is C26H27N5O5S. The lowest BCUT2D eigenvalue weighted by Gasteiger charge is -2.14. The van der Waals surface area contributed by atoms with Crippen LogP contribution in [0.15, 0.2) is 78.0 Å². The highest BCUT2D eigenvalue weighted by atomic mass is 32.2. The van der Waals surface area contributed by atoms with Crippen LogP contribution in [0, 0.1) is 0 Å². The fourth-order valence-corrected chi connectivity index (χ4v) is 4.13. The first-order valence-corrected chi connectivity index (χ1v) is 13.1. The van der Waals surface area contributed by atoms with Crippen molar-refractivity contribution in [3.8, 4) is 11.5 Å². The zero-order chi connectivity index (χ0) is 26.3. The number of hydrogen-bond acceptors (Lipinski definition) is 8. The molecule has 11 heteroatoms. The predicted octanol–water partition coefficient (Wildman–Crippen LogP) is 4.22. The molecule has 0 saturated heterocycles. The van der Waals surface area contributed by atoms with Gasteiger partial charge in [-0.3, -0.25) is 4.79 Å². The first-order chi connectivity index (χ1) is 17.8. The first-order valence-electron chi connectivity index (χ1n) is 11.5. The van der Waals surface area contributed by atoms with Gasteiger partial charge in [0.15, 0.2) is 11.5 Å². The summed E-state index contributed by atoms with van der Waals surface area (Å²) < 4.78 is 34.1. The maximum atomic E-state index is 12.2. The summed E-state index contributed by atoms with van der Waals surface area (Å²) in [6.45, 7) is 0.382. The maximum Gasteiger partial charge on any atom is 0.238 e. The first kappa shape index (κ1) is 25.9. The molecule has 1 amide bonds. The number of unbranched alkanes of at least 4 members (excludes halogenated alkanes) is 1. The fourth-order valence-electron chi connectivity index (χ4n) is 3.62. The van der Waals surface area contributed by atoms with Crippen LogP contribution in [0.2, 0.25) is 0 Å². The number of nitrogens with zero attached hydrogens (tertiary/aromatic N) is 2. The van der Waals surface area contributed by atoms with E-state index in [1.165, 1.54) is 30.6 Å². The van der Waals surface area contributed by atoms with Crippen LogP contribution in [0.5, 0.6) is 11.5 Å². The number of para-hydroxylation sites is 1. The smallest absolute Gasteiger partial charge is 0.238 e. The van der Waals surface area contributed by atoms with Crippen molar-refractivity contribution in [1.82, 2.24) is 9.97 Å². The van der Waals surface area contributed by atoms with Crippen LogP contribution in [0.3, 0.4) is 0 Å². The molecule has 0 aliphatic carbocycles. The van der Waals surface area contributed by atoms with Gasteiger partial charge in [-0.1, -0.05) is 18.2 Å². The Hall–Kier alpha value is -4.22. The van der Waals surface area contributed by atoms with Gasteiger partial charge in [0.05, 0.1) is 24.1 Å². The predicted molar refractivity (Wildman–Crippen MR) is 142 cm³/mol. The van der Waals surface area contributed by atoms with Crippen LogP contribution in [0.1, 0.15) is 19.3 Å². The van der Waals surface area contributed by atoms with Gasteiger partial charge in [0.2, 0.25) is 15.9 Å². The van der Waals surface area contributed by atoms with Gasteiger partial charge in [-0.25, -0.2) is 23.5 Å². The molecular weight excluding hydrogens is 494 g/mol. The second-order valence-electron chi connectivity index (χ2n) is 8.16. The molecule has 1 aromatic heterocycles.